The van der Waals surface area contributed by atoms with Gasteiger partial charge in [-0.2, -0.15) is 5.26 Å². The lowest BCUT2D eigenvalue weighted by Gasteiger charge is -2.08. The molecular formula is C12H14N2O3S. The molecule has 0 unspecified atom stereocenters. The Morgan fingerprint density at radius 2 is 2.06 bits per heavy atom. The summed E-state index contributed by atoms with van der Waals surface area (Å²) < 4.78 is 22.6. The molecule has 0 radical (unpaired) electrons. The summed E-state index contributed by atoms with van der Waals surface area (Å²) in [6.45, 7) is 3.75. The summed E-state index contributed by atoms with van der Waals surface area (Å²) in [6.07, 6.45) is 0. The number of carbonyl (C=O) groups is 1. The molecule has 1 amide bonds. The molecule has 0 aliphatic heterocycles. The molecule has 0 atom stereocenters. The number of benzene rings is 1. The van der Waals surface area contributed by atoms with Crippen LogP contribution in [0.4, 0.5) is 5.69 Å². The number of hydrogen-bond donors (Lipinski definition) is 1. The molecule has 0 saturated carbocycles. The summed E-state index contributed by atoms with van der Waals surface area (Å²) in [5.74, 6) is -1.95. The SMILES string of the molecule is Cc1ccc(NC(=O)CS(=O)(=O)CC#N)c(C)c1. The van der Waals surface area contributed by atoms with E-state index < -0.39 is 27.3 Å². The summed E-state index contributed by atoms with van der Waals surface area (Å²) in [4.78, 5) is 11.5. The molecule has 96 valence electrons. The predicted molar refractivity (Wildman–Crippen MR) is 68.8 cm³/mol. The van der Waals surface area contributed by atoms with Gasteiger partial charge in [0.25, 0.3) is 0 Å². The fraction of sp³-hybridized carbons (Fsp3) is 0.333. The first kappa shape index (κ1) is 14.2. The Hall–Kier alpha value is -1.87. The van der Waals surface area contributed by atoms with Crippen molar-refractivity contribution in [2.75, 3.05) is 16.8 Å². The minimum atomic E-state index is -3.65. The molecule has 0 saturated heterocycles. The van der Waals surface area contributed by atoms with Crippen LogP contribution in [0.5, 0.6) is 0 Å². The topological polar surface area (TPSA) is 87.0 Å². The minimum Gasteiger partial charge on any atom is -0.325 e. The molecule has 0 aliphatic rings. The van der Waals surface area contributed by atoms with Crippen LogP contribution in [0.2, 0.25) is 0 Å². The highest BCUT2D eigenvalue weighted by Gasteiger charge is 2.16. The zero-order valence-corrected chi connectivity index (χ0v) is 11.0. The third-order valence-corrected chi connectivity index (χ3v) is 3.56. The summed E-state index contributed by atoms with van der Waals surface area (Å²) in [6, 6.07) is 6.96. The van der Waals surface area contributed by atoms with Crippen molar-refractivity contribution in [3.05, 3.63) is 29.3 Å². The lowest BCUT2D eigenvalue weighted by Crippen LogP contribution is -2.24. The largest absolute Gasteiger partial charge is 0.325 e. The van der Waals surface area contributed by atoms with E-state index in [1.54, 1.807) is 6.07 Å². The van der Waals surface area contributed by atoms with E-state index in [4.69, 9.17) is 5.26 Å². The summed E-state index contributed by atoms with van der Waals surface area (Å²) in [5.41, 5.74) is 2.50. The van der Waals surface area contributed by atoms with E-state index in [1.165, 1.54) is 6.07 Å². The van der Waals surface area contributed by atoms with Crippen molar-refractivity contribution in [2.45, 2.75) is 13.8 Å². The molecule has 18 heavy (non-hydrogen) atoms. The van der Waals surface area contributed by atoms with Gasteiger partial charge >= 0.3 is 0 Å². The highest BCUT2D eigenvalue weighted by molar-refractivity contribution is 7.92. The standard InChI is InChI=1S/C12H14N2O3S/c1-9-3-4-11(10(2)7-9)14-12(15)8-18(16,17)6-5-13/h3-4,7H,6,8H2,1-2H3,(H,14,15). The monoisotopic (exact) mass is 266 g/mol. The first-order valence-corrected chi connectivity index (χ1v) is 7.10. The highest BCUT2D eigenvalue weighted by atomic mass is 32.2. The van der Waals surface area contributed by atoms with E-state index in [1.807, 2.05) is 26.0 Å². The van der Waals surface area contributed by atoms with E-state index in [2.05, 4.69) is 5.32 Å². The highest BCUT2D eigenvalue weighted by Crippen LogP contribution is 2.15. The molecule has 0 spiro atoms. The summed E-state index contributed by atoms with van der Waals surface area (Å²) in [5, 5.41) is 10.8. The van der Waals surface area contributed by atoms with Crippen molar-refractivity contribution in [3.63, 3.8) is 0 Å². The molecule has 1 aromatic carbocycles. The van der Waals surface area contributed by atoms with Crippen LogP contribution < -0.4 is 5.32 Å². The zero-order valence-electron chi connectivity index (χ0n) is 10.2. The van der Waals surface area contributed by atoms with Crippen molar-refractivity contribution in [1.82, 2.24) is 0 Å². The number of aryl methyl sites for hydroxylation is 2. The molecule has 0 heterocycles. The quantitative estimate of drug-likeness (QED) is 0.886. The van der Waals surface area contributed by atoms with Crippen molar-refractivity contribution in [1.29, 1.82) is 5.26 Å². The second-order valence-corrected chi connectivity index (χ2v) is 6.12. The zero-order chi connectivity index (χ0) is 13.8. The van der Waals surface area contributed by atoms with Crippen LogP contribution in [0.15, 0.2) is 18.2 Å². The number of carbonyl (C=O) groups excluding carboxylic acids is 1. The van der Waals surface area contributed by atoms with Gasteiger partial charge in [0.05, 0.1) is 6.07 Å². The molecule has 0 aliphatic carbocycles. The van der Waals surface area contributed by atoms with Gasteiger partial charge in [0.15, 0.2) is 9.84 Å². The maximum atomic E-state index is 11.5. The molecule has 1 rings (SSSR count). The number of hydrogen-bond acceptors (Lipinski definition) is 4. The van der Waals surface area contributed by atoms with E-state index in [0.717, 1.165) is 11.1 Å². The van der Waals surface area contributed by atoms with Gasteiger partial charge in [-0.15, -0.1) is 0 Å². The Morgan fingerprint density at radius 1 is 1.39 bits per heavy atom. The third kappa shape index (κ3) is 4.18. The number of nitrogens with one attached hydrogen (secondary N) is 1. The molecule has 6 heteroatoms. The summed E-state index contributed by atoms with van der Waals surface area (Å²) >= 11 is 0. The summed E-state index contributed by atoms with van der Waals surface area (Å²) in [7, 11) is -3.65. The van der Waals surface area contributed by atoms with Gasteiger partial charge in [-0.3, -0.25) is 4.79 Å². The van der Waals surface area contributed by atoms with Crippen LogP contribution >= 0.6 is 0 Å². The van der Waals surface area contributed by atoms with Crippen LogP contribution in [-0.4, -0.2) is 25.8 Å². The molecule has 1 aromatic rings. The second-order valence-electron chi connectivity index (χ2n) is 4.06. The first-order chi connectivity index (χ1) is 8.34. The Bertz CT molecular complexity index is 600. The van der Waals surface area contributed by atoms with Crippen LogP contribution in [0.3, 0.4) is 0 Å². The second kappa shape index (κ2) is 5.65. The maximum Gasteiger partial charge on any atom is 0.239 e. The van der Waals surface area contributed by atoms with Crippen LogP contribution in [0.1, 0.15) is 11.1 Å². The average molecular weight is 266 g/mol. The van der Waals surface area contributed by atoms with E-state index in [9.17, 15) is 13.2 Å². The molecule has 1 N–H and O–H groups in total. The number of anilines is 1. The minimum absolute atomic E-state index is 0.581. The van der Waals surface area contributed by atoms with Crippen molar-refractivity contribution < 1.29 is 13.2 Å². The van der Waals surface area contributed by atoms with E-state index >= 15 is 0 Å². The van der Waals surface area contributed by atoms with Gasteiger partial charge in [0, 0.05) is 5.69 Å². The Morgan fingerprint density at radius 3 is 2.61 bits per heavy atom. The van der Waals surface area contributed by atoms with Crippen molar-refractivity contribution in [3.8, 4) is 6.07 Å². The van der Waals surface area contributed by atoms with Crippen LogP contribution in [0.25, 0.3) is 0 Å². The van der Waals surface area contributed by atoms with Crippen LogP contribution in [0, 0.1) is 25.2 Å². The molecular weight excluding hydrogens is 252 g/mol. The molecule has 0 bridgehead atoms. The average Bonchev–Trinajstić information content (AvgIpc) is 2.21. The molecule has 0 fully saturated rings. The van der Waals surface area contributed by atoms with E-state index in [0.29, 0.717) is 5.69 Å². The maximum absolute atomic E-state index is 11.5. The fourth-order valence-corrected chi connectivity index (χ4v) is 2.26. The first-order valence-electron chi connectivity index (χ1n) is 5.28. The predicted octanol–water partition coefficient (Wildman–Crippen LogP) is 1.18. The number of amides is 1. The smallest absolute Gasteiger partial charge is 0.239 e. The van der Waals surface area contributed by atoms with Gasteiger partial charge < -0.3 is 5.32 Å². The Balaban J connectivity index is 2.75. The Labute approximate surface area is 106 Å². The van der Waals surface area contributed by atoms with Crippen LogP contribution in [-0.2, 0) is 14.6 Å². The Kier molecular flexibility index (Phi) is 4.45. The number of nitrogens with zero attached hydrogens (tertiary/aromatic N) is 1. The van der Waals surface area contributed by atoms with Crippen molar-refractivity contribution in [2.24, 2.45) is 0 Å². The van der Waals surface area contributed by atoms with Gasteiger partial charge in [0.1, 0.15) is 11.5 Å². The third-order valence-electron chi connectivity index (χ3n) is 2.29. The fourth-order valence-electron chi connectivity index (χ4n) is 1.49. The molecule has 5 nitrogen and oxygen atoms in total. The van der Waals surface area contributed by atoms with Gasteiger partial charge in [-0.25, -0.2) is 8.42 Å². The van der Waals surface area contributed by atoms with Gasteiger partial charge in [-0.1, -0.05) is 17.7 Å². The lowest BCUT2D eigenvalue weighted by molar-refractivity contribution is -0.113. The number of nitriles is 1. The number of rotatable bonds is 4. The van der Waals surface area contributed by atoms with Gasteiger partial charge in [-0.05, 0) is 25.5 Å². The lowest BCUT2D eigenvalue weighted by atomic mass is 10.1. The van der Waals surface area contributed by atoms with E-state index in [-0.39, 0.29) is 0 Å². The normalized spacial score (nSPS) is 10.7. The van der Waals surface area contributed by atoms with Crippen molar-refractivity contribution >= 4 is 21.4 Å². The number of sulfone groups is 1. The molecule has 0 aromatic heterocycles. The van der Waals surface area contributed by atoms with Gasteiger partial charge in [0.2, 0.25) is 5.91 Å².